The van der Waals surface area contributed by atoms with Crippen LogP contribution in [0.25, 0.3) is 11.4 Å². The van der Waals surface area contributed by atoms with Crippen molar-refractivity contribution >= 4 is 5.91 Å². The minimum absolute atomic E-state index is 0.0140. The number of halogens is 1. The Morgan fingerprint density at radius 1 is 1.45 bits per heavy atom. The summed E-state index contributed by atoms with van der Waals surface area (Å²) in [6.45, 7) is 6.65. The maximum absolute atomic E-state index is 14.7. The van der Waals surface area contributed by atoms with Crippen LogP contribution >= 0.6 is 0 Å². The van der Waals surface area contributed by atoms with Crippen molar-refractivity contribution in [2.45, 2.75) is 57.8 Å². The third kappa shape index (κ3) is 4.78. The van der Waals surface area contributed by atoms with E-state index in [0.29, 0.717) is 38.4 Å². The van der Waals surface area contributed by atoms with Crippen LogP contribution in [0, 0.1) is 12.7 Å². The molecule has 0 spiro atoms. The van der Waals surface area contributed by atoms with E-state index in [-0.39, 0.29) is 29.5 Å². The van der Waals surface area contributed by atoms with Crippen LogP contribution in [-0.4, -0.2) is 64.0 Å². The van der Waals surface area contributed by atoms with Gasteiger partial charge in [-0.1, -0.05) is 0 Å². The van der Waals surface area contributed by atoms with Gasteiger partial charge in [0.1, 0.15) is 11.8 Å². The molecule has 2 aromatic rings. The molecule has 2 fully saturated rings. The first kappa shape index (κ1) is 21.9. The Hall–Kier alpha value is -2.36. The van der Waals surface area contributed by atoms with E-state index < -0.39 is 6.10 Å². The largest absolute Gasteiger partial charge is 0.366 e. The lowest BCUT2D eigenvalue weighted by molar-refractivity contribution is -0.148. The molecule has 1 saturated heterocycles. The van der Waals surface area contributed by atoms with Gasteiger partial charge in [-0.25, -0.2) is 4.39 Å². The molecule has 0 radical (unpaired) electrons. The van der Waals surface area contributed by atoms with E-state index in [1.807, 2.05) is 17.9 Å². The fraction of sp³-hybridized carbons (Fsp3) is 0.591. The molecular weight excluding hydrogens is 399 g/mol. The van der Waals surface area contributed by atoms with E-state index >= 15 is 0 Å². The minimum atomic E-state index is -0.480. The predicted octanol–water partition coefficient (Wildman–Crippen LogP) is 1.78. The second-order valence-electron chi connectivity index (χ2n) is 8.38. The van der Waals surface area contributed by atoms with Gasteiger partial charge in [0.2, 0.25) is 0 Å². The van der Waals surface area contributed by atoms with Gasteiger partial charge in [0.15, 0.2) is 5.82 Å². The van der Waals surface area contributed by atoms with E-state index in [0.717, 1.165) is 30.6 Å². The summed E-state index contributed by atoms with van der Waals surface area (Å²) >= 11 is 0. The fourth-order valence-electron chi connectivity index (χ4n) is 4.04. The summed E-state index contributed by atoms with van der Waals surface area (Å²) in [5.74, 6) is -0.398. The highest BCUT2D eigenvalue weighted by Crippen LogP contribution is 2.36. The number of rotatable bonds is 8. The Morgan fingerprint density at radius 2 is 2.26 bits per heavy atom. The van der Waals surface area contributed by atoms with Crippen molar-refractivity contribution in [3.8, 4) is 11.4 Å². The number of nitrogens with one attached hydrogen (secondary N) is 1. The first-order valence-electron chi connectivity index (χ1n) is 11.0. The van der Waals surface area contributed by atoms with Gasteiger partial charge in [-0.05, 0) is 57.4 Å². The lowest BCUT2D eigenvalue weighted by Crippen LogP contribution is -2.50. The highest BCUT2D eigenvalue weighted by Gasteiger charge is 2.40. The molecule has 1 aliphatic carbocycles. The summed E-state index contributed by atoms with van der Waals surface area (Å²) < 4.78 is 22.2. The zero-order valence-electron chi connectivity index (χ0n) is 18.2. The summed E-state index contributed by atoms with van der Waals surface area (Å²) in [5.41, 5.74) is 8.04. The van der Waals surface area contributed by atoms with Gasteiger partial charge in [-0.2, -0.15) is 5.10 Å². The molecule has 2 aromatic heterocycles. The van der Waals surface area contributed by atoms with E-state index in [1.54, 1.807) is 17.8 Å². The van der Waals surface area contributed by atoms with Gasteiger partial charge in [0, 0.05) is 31.9 Å². The molecule has 3 N–H and O–H groups in total. The first-order chi connectivity index (χ1) is 15.0. The van der Waals surface area contributed by atoms with E-state index in [2.05, 4.69) is 10.3 Å². The normalized spacial score (nSPS) is 19.9. The van der Waals surface area contributed by atoms with Crippen LogP contribution in [0.4, 0.5) is 4.39 Å². The molecule has 2 atom stereocenters. The summed E-state index contributed by atoms with van der Waals surface area (Å²) in [7, 11) is 0. The average Bonchev–Trinajstić information content (AvgIpc) is 3.51. The smallest absolute Gasteiger partial charge is 0.253 e. The second kappa shape index (κ2) is 9.42. The Labute approximate surface area is 182 Å². The molecule has 4 rings (SSSR count). The number of carbonyl (C=O) groups is 1. The highest BCUT2D eigenvalue weighted by atomic mass is 19.1. The molecule has 9 heteroatoms. The molecule has 2 aliphatic rings. The lowest BCUT2D eigenvalue weighted by atomic mass is 10.1. The zero-order valence-corrected chi connectivity index (χ0v) is 18.2. The molecule has 0 bridgehead atoms. The van der Waals surface area contributed by atoms with Gasteiger partial charge in [0.25, 0.3) is 5.91 Å². The van der Waals surface area contributed by atoms with Crippen LogP contribution in [0.15, 0.2) is 18.3 Å². The highest BCUT2D eigenvalue weighted by molar-refractivity contribution is 5.82. The van der Waals surface area contributed by atoms with Gasteiger partial charge in [-0.15, -0.1) is 0 Å². The monoisotopic (exact) mass is 430 g/mol. The summed E-state index contributed by atoms with van der Waals surface area (Å²) in [5, 5.41) is 7.97. The standard InChI is InChI=1S/C22H31FN6O2/c1-14-10-17(23)21(26-12-14)19-11-18(27-28(19)8-3-6-24)15(2)29(16-4-5-16)22(30)20-13-25-7-9-31-20/h10-12,15-16,20,25H,3-9,13,24H2,1-2H3/t15-,20-/m1/s1. The molecular formula is C22H31FN6O2. The third-order valence-electron chi connectivity index (χ3n) is 5.84. The summed E-state index contributed by atoms with van der Waals surface area (Å²) in [6, 6.07) is 3.26. The number of nitrogens with zero attached hydrogens (tertiary/aromatic N) is 4. The van der Waals surface area contributed by atoms with Crippen LogP contribution in [0.3, 0.4) is 0 Å². The molecule has 31 heavy (non-hydrogen) atoms. The van der Waals surface area contributed by atoms with E-state index in [1.165, 1.54) is 6.07 Å². The van der Waals surface area contributed by atoms with Gasteiger partial charge in [-0.3, -0.25) is 14.5 Å². The van der Waals surface area contributed by atoms with Gasteiger partial charge >= 0.3 is 0 Å². The summed E-state index contributed by atoms with van der Waals surface area (Å²) in [4.78, 5) is 19.5. The quantitative estimate of drug-likeness (QED) is 0.663. The van der Waals surface area contributed by atoms with Crippen LogP contribution < -0.4 is 11.1 Å². The Balaban J connectivity index is 1.65. The Kier molecular flexibility index (Phi) is 6.64. The van der Waals surface area contributed by atoms with Crippen molar-refractivity contribution in [1.29, 1.82) is 0 Å². The van der Waals surface area contributed by atoms with Crippen molar-refractivity contribution in [3.63, 3.8) is 0 Å². The molecule has 3 heterocycles. The molecule has 1 aliphatic heterocycles. The predicted molar refractivity (Wildman–Crippen MR) is 115 cm³/mol. The number of aryl methyl sites for hydroxylation is 2. The molecule has 168 valence electrons. The number of hydrogen-bond acceptors (Lipinski definition) is 6. The van der Waals surface area contributed by atoms with Crippen molar-refractivity contribution in [1.82, 2.24) is 25.0 Å². The topological polar surface area (TPSA) is 98.3 Å². The number of hydrogen-bond donors (Lipinski definition) is 2. The minimum Gasteiger partial charge on any atom is -0.366 e. The van der Waals surface area contributed by atoms with Crippen molar-refractivity contribution in [2.75, 3.05) is 26.2 Å². The average molecular weight is 431 g/mol. The van der Waals surface area contributed by atoms with Crippen molar-refractivity contribution < 1.29 is 13.9 Å². The maximum Gasteiger partial charge on any atom is 0.253 e. The zero-order chi connectivity index (χ0) is 22.0. The van der Waals surface area contributed by atoms with Gasteiger partial charge in [0.05, 0.1) is 24.0 Å². The Morgan fingerprint density at radius 3 is 2.90 bits per heavy atom. The van der Waals surface area contributed by atoms with Crippen LogP contribution in [0.5, 0.6) is 0 Å². The molecule has 8 nitrogen and oxygen atoms in total. The van der Waals surface area contributed by atoms with E-state index in [9.17, 15) is 9.18 Å². The van der Waals surface area contributed by atoms with Crippen LogP contribution in [0.1, 0.15) is 43.5 Å². The van der Waals surface area contributed by atoms with Crippen LogP contribution in [0.2, 0.25) is 0 Å². The number of ether oxygens (including phenoxy) is 1. The number of pyridine rings is 1. The fourth-order valence-corrected chi connectivity index (χ4v) is 4.04. The maximum atomic E-state index is 14.7. The number of aromatic nitrogens is 3. The van der Waals surface area contributed by atoms with E-state index in [4.69, 9.17) is 15.6 Å². The lowest BCUT2D eigenvalue weighted by Gasteiger charge is -2.33. The number of nitrogens with two attached hydrogens (primary N) is 1. The SMILES string of the molecule is Cc1cnc(-c2cc([C@@H](C)N(C(=O)[C@H]3CNCCO3)C3CC3)nn2CCCN)c(F)c1. The van der Waals surface area contributed by atoms with Crippen molar-refractivity contribution in [3.05, 3.63) is 35.4 Å². The van der Waals surface area contributed by atoms with Crippen LogP contribution in [-0.2, 0) is 16.1 Å². The molecule has 1 saturated carbocycles. The molecule has 1 amide bonds. The number of morpholine rings is 1. The summed E-state index contributed by atoms with van der Waals surface area (Å²) in [6.07, 6.45) is 3.83. The first-order valence-corrected chi connectivity index (χ1v) is 11.0. The third-order valence-corrected chi connectivity index (χ3v) is 5.84. The molecule has 0 aromatic carbocycles. The molecule has 0 unspecified atom stereocenters. The Bertz CT molecular complexity index is 923. The van der Waals surface area contributed by atoms with Crippen molar-refractivity contribution in [2.24, 2.45) is 5.73 Å². The second-order valence-corrected chi connectivity index (χ2v) is 8.38. The number of amides is 1. The number of carbonyl (C=O) groups excluding carboxylic acids is 1. The van der Waals surface area contributed by atoms with Gasteiger partial charge < -0.3 is 20.7 Å².